The molecule has 33 heavy (non-hydrogen) atoms. The van der Waals surface area contributed by atoms with Gasteiger partial charge in [-0.05, 0) is 62.8 Å². The number of hydrogen-bond donors (Lipinski definition) is 3. The first-order chi connectivity index (χ1) is 15.9. The van der Waals surface area contributed by atoms with E-state index in [4.69, 9.17) is 9.57 Å². The highest BCUT2D eigenvalue weighted by Gasteiger charge is 2.21. The van der Waals surface area contributed by atoms with Crippen LogP contribution in [0.5, 0.6) is 11.5 Å². The van der Waals surface area contributed by atoms with Crippen LogP contribution in [0.2, 0.25) is 0 Å². The van der Waals surface area contributed by atoms with Gasteiger partial charge < -0.3 is 19.8 Å². The number of esters is 1. The Labute approximate surface area is 194 Å². The summed E-state index contributed by atoms with van der Waals surface area (Å²) >= 11 is 0. The number of piperidine rings is 1. The van der Waals surface area contributed by atoms with Gasteiger partial charge in [-0.2, -0.15) is 0 Å². The third kappa shape index (κ3) is 7.39. The van der Waals surface area contributed by atoms with Gasteiger partial charge in [0.15, 0.2) is 6.61 Å². The molecule has 0 aromatic heterocycles. The summed E-state index contributed by atoms with van der Waals surface area (Å²) in [5.41, 5.74) is 3.42. The van der Waals surface area contributed by atoms with E-state index in [0.29, 0.717) is 12.1 Å². The van der Waals surface area contributed by atoms with Gasteiger partial charge in [0.1, 0.15) is 23.2 Å². The van der Waals surface area contributed by atoms with Crippen LogP contribution < -0.4 is 5.48 Å². The molecular weight excluding hydrogens is 424 g/mol. The molecule has 8 nitrogen and oxygen atoms in total. The van der Waals surface area contributed by atoms with Crippen molar-refractivity contribution < 1.29 is 29.4 Å². The van der Waals surface area contributed by atoms with Crippen LogP contribution in [0.1, 0.15) is 61.4 Å². The van der Waals surface area contributed by atoms with Crippen molar-refractivity contribution in [3.05, 3.63) is 53.3 Å². The fourth-order valence-corrected chi connectivity index (χ4v) is 3.76. The highest BCUT2D eigenvalue weighted by molar-refractivity contribution is 5.97. The molecule has 1 amide bonds. The number of phenols is 2. The second-order valence-corrected chi connectivity index (χ2v) is 8.26. The number of ether oxygens (including phenoxy) is 1. The molecule has 0 bridgehead atoms. The fraction of sp³-hybridized carbons (Fsp3) is 0.440. The van der Waals surface area contributed by atoms with Crippen molar-refractivity contribution in [2.24, 2.45) is 0 Å². The van der Waals surface area contributed by atoms with Crippen LogP contribution in [0.25, 0.3) is 6.08 Å². The monoisotopic (exact) mass is 456 g/mol. The van der Waals surface area contributed by atoms with Gasteiger partial charge in [0.2, 0.25) is 0 Å². The lowest BCUT2D eigenvalue weighted by molar-refractivity contribution is -0.139. The summed E-state index contributed by atoms with van der Waals surface area (Å²) in [5, 5.41) is 20.3. The molecular formula is C25H32N2O6. The maximum Gasteiger partial charge on any atom is 0.342 e. The fourth-order valence-electron chi connectivity index (χ4n) is 3.76. The van der Waals surface area contributed by atoms with Gasteiger partial charge in [-0.3, -0.25) is 15.1 Å². The van der Waals surface area contributed by atoms with E-state index in [9.17, 15) is 19.8 Å². The lowest BCUT2D eigenvalue weighted by atomic mass is 10.0. The van der Waals surface area contributed by atoms with Crippen LogP contribution in [0, 0.1) is 0 Å². The molecule has 178 valence electrons. The van der Waals surface area contributed by atoms with Crippen molar-refractivity contribution in [1.29, 1.82) is 0 Å². The van der Waals surface area contributed by atoms with E-state index < -0.39 is 5.97 Å². The number of cyclic esters (lactones) is 1. The zero-order valence-electron chi connectivity index (χ0n) is 19.0. The van der Waals surface area contributed by atoms with Gasteiger partial charge in [0.25, 0.3) is 5.91 Å². The lowest BCUT2D eigenvalue weighted by Gasteiger charge is -2.26. The molecule has 8 heteroatoms. The molecule has 0 spiro atoms. The molecule has 1 aromatic carbocycles. The van der Waals surface area contributed by atoms with Crippen molar-refractivity contribution in [2.75, 3.05) is 19.7 Å². The molecule has 0 unspecified atom stereocenters. The third-order valence-electron chi connectivity index (χ3n) is 5.48. The quantitative estimate of drug-likeness (QED) is 0.359. The molecule has 1 atom stereocenters. The first-order valence-corrected chi connectivity index (χ1v) is 11.4. The minimum Gasteiger partial charge on any atom is -0.508 e. The minimum absolute atomic E-state index is 0.0576. The normalized spacial score (nSPS) is 21.4. The number of aromatic hydroxyl groups is 2. The van der Waals surface area contributed by atoms with Gasteiger partial charge in [-0.1, -0.05) is 18.2 Å². The van der Waals surface area contributed by atoms with Crippen LogP contribution in [-0.4, -0.2) is 52.8 Å². The van der Waals surface area contributed by atoms with Crippen molar-refractivity contribution >= 4 is 18.0 Å². The number of hydroxylamine groups is 1. The number of allylic oxidation sites excluding steroid dienone is 3. The highest BCUT2D eigenvalue weighted by Crippen LogP contribution is 2.30. The van der Waals surface area contributed by atoms with E-state index in [-0.39, 0.29) is 41.2 Å². The van der Waals surface area contributed by atoms with E-state index >= 15 is 0 Å². The van der Waals surface area contributed by atoms with Crippen LogP contribution >= 0.6 is 0 Å². The van der Waals surface area contributed by atoms with E-state index in [1.807, 2.05) is 18.2 Å². The molecule has 3 N–H and O–H groups in total. The SMILES string of the molecule is C[C@@H]1CC=CCCC=C/C(NOCC(=O)N2CCCCC2)=C/c2cc(O)cc(O)c2C(=O)O1. The van der Waals surface area contributed by atoms with Gasteiger partial charge >= 0.3 is 5.97 Å². The lowest BCUT2D eigenvalue weighted by Crippen LogP contribution is -2.39. The molecule has 0 radical (unpaired) electrons. The van der Waals surface area contributed by atoms with Crippen molar-refractivity contribution in [1.82, 2.24) is 10.4 Å². The minimum atomic E-state index is -0.693. The summed E-state index contributed by atoms with van der Waals surface area (Å²) in [6.07, 6.45) is 14.2. The Morgan fingerprint density at radius 2 is 1.91 bits per heavy atom. The zero-order chi connectivity index (χ0) is 23.6. The Morgan fingerprint density at radius 1 is 1.15 bits per heavy atom. The zero-order valence-corrected chi connectivity index (χ0v) is 19.0. The number of phenolic OH excluding ortho intramolecular Hbond substituents is 2. The molecule has 1 fully saturated rings. The standard InChI is InChI=1S/C25H32N2O6/c1-18-10-6-3-2-4-7-11-20(26-32-17-23(30)27-12-8-5-9-13-27)14-19-15-21(28)16-22(29)24(19)25(31)33-18/h3,6-7,11,14-16,18,26,28-29H,2,4-5,8-10,12-13,17H2,1H3/b6-3?,11-7?,20-14-/t18-/m1/s1. The number of carbonyl (C=O) groups excluding carboxylic acids is 2. The Bertz CT molecular complexity index is 931. The number of amides is 1. The predicted molar refractivity (Wildman–Crippen MR) is 124 cm³/mol. The second kappa shape index (κ2) is 12.1. The number of nitrogens with one attached hydrogen (secondary N) is 1. The molecule has 1 aromatic rings. The largest absolute Gasteiger partial charge is 0.508 e. The molecule has 3 rings (SSSR count). The summed E-state index contributed by atoms with van der Waals surface area (Å²) in [5.74, 6) is -1.37. The van der Waals surface area contributed by atoms with Crippen molar-refractivity contribution in [2.45, 2.75) is 51.6 Å². The Balaban J connectivity index is 1.83. The molecule has 2 aliphatic rings. The van der Waals surface area contributed by atoms with E-state index in [1.165, 1.54) is 6.07 Å². The smallest absolute Gasteiger partial charge is 0.342 e. The Hall–Kier alpha value is -3.26. The number of nitrogens with zero attached hydrogens (tertiary/aromatic N) is 1. The number of benzene rings is 1. The van der Waals surface area contributed by atoms with Gasteiger partial charge in [0, 0.05) is 25.6 Å². The van der Waals surface area contributed by atoms with Gasteiger partial charge in [-0.25, -0.2) is 4.79 Å². The number of hydrogen-bond acceptors (Lipinski definition) is 7. The Morgan fingerprint density at radius 3 is 2.70 bits per heavy atom. The first-order valence-electron chi connectivity index (χ1n) is 11.4. The van der Waals surface area contributed by atoms with E-state index in [0.717, 1.165) is 51.3 Å². The summed E-state index contributed by atoms with van der Waals surface area (Å²) < 4.78 is 5.48. The number of rotatable bonds is 4. The third-order valence-corrected chi connectivity index (χ3v) is 5.48. The average Bonchev–Trinajstić information content (AvgIpc) is 2.77. The molecule has 0 saturated carbocycles. The van der Waals surface area contributed by atoms with E-state index in [1.54, 1.807) is 24.0 Å². The summed E-state index contributed by atoms with van der Waals surface area (Å²) in [4.78, 5) is 32.4. The number of fused-ring (bicyclic) bond motifs is 1. The van der Waals surface area contributed by atoms with Crippen molar-refractivity contribution in [3.8, 4) is 11.5 Å². The summed E-state index contributed by atoms with van der Waals surface area (Å²) in [6, 6.07) is 2.46. The van der Waals surface area contributed by atoms with Crippen LogP contribution in [-0.2, 0) is 14.4 Å². The average molecular weight is 457 g/mol. The molecule has 2 heterocycles. The summed E-state index contributed by atoms with van der Waals surface area (Å²) in [6.45, 7) is 3.13. The first kappa shape index (κ1) is 24.4. The number of likely N-dealkylation sites (tertiary alicyclic amines) is 1. The van der Waals surface area contributed by atoms with Crippen LogP contribution in [0.4, 0.5) is 0 Å². The highest BCUT2D eigenvalue weighted by atomic mass is 16.6. The second-order valence-electron chi connectivity index (χ2n) is 8.26. The molecule has 2 aliphatic heterocycles. The molecule has 1 saturated heterocycles. The van der Waals surface area contributed by atoms with Crippen LogP contribution in [0.15, 0.2) is 42.1 Å². The van der Waals surface area contributed by atoms with Gasteiger partial charge in [0.05, 0.1) is 5.70 Å². The van der Waals surface area contributed by atoms with Crippen molar-refractivity contribution in [3.63, 3.8) is 0 Å². The van der Waals surface area contributed by atoms with Gasteiger partial charge in [-0.15, -0.1) is 0 Å². The maximum atomic E-state index is 12.8. The van der Waals surface area contributed by atoms with Crippen LogP contribution in [0.3, 0.4) is 0 Å². The predicted octanol–water partition coefficient (Wildman–Crippen LogP) is 3.81. The Kier molecular flexibility index (Phi) is 8.95. The van der Waals surface area contributed by atoms with E-state index in [2.05, 4.69) is 5.48 Å². The maximum absolute atomic E-state index is 12.8. The molecule has 0 aliphatic carbocycles. The summed E-state index contributed by atoms with van der Waals surface area (Å²) in [7, 11) is 0. The number of carbonyl (C=O) groups is 2. The topological polar surface area (TPSA) is 108 Å².